The fourth-order valence-electron chi connectivity index (χ4n) is 4.08. The Morgan fingerprint density at radius 1 is 1.06 bits per heavy atom. The summed E-state index contributed by atoms with van der Waals surface area (Å²) in [5.74, 6) is 0.154. The van der Waals surface area contributed by atoms with E-state index in [0.717, 1.165) is 24.0 Å². The molecule has 1 aliphatic carbocycles. The van der Waals surface area contributed by atoms with E-state index >= 15 is 0 Å². The van der Waals surface area contributed by atoms with Crippen LogP contribution in [-0.4, -0.2) is 29.4 Å². The second-order valence-corrected chi connectivity index (χ2v) is 9.21. The number of para-hydroxylation sites is 2. The molecule has 1 aliphatic rings. The maximum Gasteiger partial charge on any atom is 0.317 e. The average Bonchev–Trinajstić information content (AvgIpc) is 2.80. The van der Waals surface area contributed by atoms with Gasteiger partial charge >= 0.3 is 6.03 Å². The van der Waals surface area contributed by atoms with Crippen molar-refractivity contribution >= 4 is 29.4 Å². The van der Waals surface area contributed by atoms with Crippen LogP contribution >= 0.6 is 0 Å². The van der Waals surface area contributed by atoms with E-state index in [4.69, 9.17) is 5.73 Å². The molecule has 3 amide bonds. The van der Waals surface area contributed by atoms with Crippen LogP contribution in [-0.2, 0) is 11.3 Å². The van der Waals surface area contributed by atoms with Crippen molar-refractivity contribution in [2.45, 2.75) is 58.5 Å². The molecule has 0 spiro atoms. The Kier molecular flexibility index (Phi) is 8.93. The van der Waals surface area contributed by atoms with Crippen molar-refractivity contribution < 1.29 is 9.59 Å². The molecule has 0 bridgehead atoms. The molecule has 0 radical (unpaired) electrons. The Morgan fingerprint density at radius 3 is 2.42 bits per heavy atom. The lowest BCUT2D eigenvalue weighted by Crippen LogP contribution is -2.46. The highest BCUT2D eigenvalue weighted by molar-refractivity contribution is 6.03. The van der Waals surface area contributed by atoms with Gasteiger partial charge in [0.25, 0.3) is 0 Å². The normalized spacial score (nSPS) is 14.4. The zero-order valence-corrected chi connectivity index (χ0v) is 19.7. The van der Waals surface area contributed by atoms with E-state index in [-0.39, 0.29) is 11.9 Å². The van der Waals surface area contributed by atoms with Crippen LogP contribution in [0.3, 0.4) is 0 Å². The number of anilines is 2. The van der Waals surface area contributed by atoms with Crippen molar-refractivity contribution in [2.24, 2.45) is 5.92 Å². The second-order valence-electron chi connectivity index (χ2n) is 9.21. The fraction of sp³-hybridized carbons (Fsp3) is 0.407. The Morgan fingerprint density at radius 2 is 1.76 bits per heavy atom. The quantitative estimate of drug-likeness (QED) is 0.372. The summed E-state index contributed by atoms with van der Waals surface area (Å²) < 4.78 is 0. The summed E-state index contributed by atoms with van der Waals surface area (Å²) in [6, 6.07) is 15.4. The van der Waals surface area contributed by atoms with E-state index < -0.39 is 0 Å². The summed E-state index contributed by atoms with van der Waals surface area (Å²) in [5, 5.41) is 6.02. The maximum absolute atomic E-state index is 12.9. The zero-order valence-electron chi connectivity index (χ0n) is 19.7. The summed E-state index contributed by atoms with van der Waals surface area (Å²) in [6.45, 7) is 5.53. The van der Waals surface area contributed by atoms with Crippen LogP contribution in [0.15, 0.2) is 54.6 Å². The summed E-state index contributed by atoms with van der Waals surface area (Å²) in [6.07, 6.45) is 9.07. The SMILES string of the molecule is CC(C)CN(Cc1ccc(/C=C/C(=O)Nc2ccccc2N)cc1)C(=O)NC1CCCCC1. The molecular weight excluding hydrogens is 412 g/mol. The van der Waals surface area contributed by atoms with Gasteiger partial charge in [0.1, 0.15) is 0 Å². The van der Waals surface area contributed by atoms with Gasteiger partial charge in [0.05, 0.1) is 11.4 Å². The molecule has 0 aromatic heterocycles. The lowest BCUT2D eigenvalue weighted by molar-refractivity contribution is -0.111. The molecule has 0 saturated heterocycles. The first-order valence-electron chi connectivity index (χ1n) is 11.9. The molecule has 6 nitrogen and oxygen atoms in total. The number of hydrogen-bond donors (Lipinski definition) is 3. The molecule has 3 rings (SSSR count). The van der Waals surface area contributed by atoms with Crippen LogP contribution < -0.4 is 16.4 Å². The molecule has 176 valence electrons. The van der Waals surface area contributed by atoms with Gasteiger partial charge in [0.2, 0.25) is 5.91 Å². The number of hydrogen-bond acceptors (Lipinski definition) is 3. The number of nitrogen functional groups attached to an aromatic ring is 1. The molecule has 2 aromatic carbocycles. The molecule has 0 atom stereocenters. The molecule has 0 heterocycles. The number of benzene rings is 2. The molecule has 4 N–H and O–H groups in total. The number of nitrogens with two attached hydrogens (primary N) is 1. The first-order chi connectivity index (χ1) is 15.9. The highest BCUT2D eigenvalue weighted by Gasteiger charge is 2.20. The summed E-state index contributed by atoms with van der Waals surface area (Å²) in [7, 11) is 0. The molecule has 0 aliphatic heterocycles. The molecule has 2 aromatic rings. The van der Waals surface area contributed by atoms with Gasteiger partial charge in [-0.3, -0.25) is 4.79 Å². The Hall–Kier alpha value is -3.28. The fourth-order valence-corrected chi connectivity index (χ4v) is 4.08. The number of nitrogens with zero attached hydrogens (tertiary/aromatic N) is 1. The van der Waals surface area contributed by atoms with Crippen LogP contribution in [0.25, 0.3) is 6.08 Å². The maximum atomic E-state index is 12.9. The summed E-state index contributed by atoms with van der Waals surface area (Å²) >= 11 is 0. The second kappa shape index (κ2) is 12.1. The van der Waals surface area contributed by atoms with E-state index in [1.165, 1.54) is 25.3 Å². The van der Waals surface area contributed by atoms with Crippen molar-refractivity contribution in [1.82, 2.24) is 10.2 Å². The average molecular weight is 449 g/mol. The standard InChI is InChI=1S/C27H36N4O2/c1-20(2)18-31(27(33)29-23-8-4-3-5-9-23)19-22-14-12-21(13-15-22)16-17-26(32)30-25-11-7-6-10-24(25)28/h6-7,10-17,20,23H,3-5,8-9,18-19,28H2,1-2H3,(H,29,33)(H,30,32)/b17-16+. The Labute approximate surface area is 197 Å². The third-order valence-corrected chi connectivity index (χ3v) is 5.80. The molecule has 6 heteroatoms. The highest BCUT2D eigenvalue weighted by atomic mass is 16.2. The molecule has 1 fully saturated rings. The van der Waals surface area contributed by atoms with Crippen molar-refractivity contribution in [2.75, 3.05) is 17.6 Å². The van der Waals surface area contributed by atoms with Crippen LogP contribution in [0.4, 0.5) is 16.2 Å². The number of urea groups is 1. The van der Waals surface area contributed by atoms with Crippen LogP contribution in [0.5, 0.6) is 0 Å². The predicted octanol–water partition coefficient (Wildman–Crippen LogP) is 5.42. The van der Waals surface area contributed by atoms with Crippen molar-refractivity contribution in [1.29, 1.82) is 0 Å². The number of carbonyl (C=O) groups is 2. The van der Waals surface area contributed by atoms with Gasteiger partial charge in [-0.05, 0) is 48.1 Å². The topological polar surface area (TPSA) is 87.5 Å². The highest BCUT2D eigenvalue weighted by Crippen LogP contribution is 2.19. The van der Waals surface area contributed by atoms with Crippen LogP contribution in [0, 0.1) is 5.92 Å². The molecule has 1 saturated carbocycles. The Balaban J connectivity index is 1.57. The zero-order chi connectivity index (χ0) is 23.6. The summed E-state index contributed by atoms with van der Waals surface area (Å²) in [4.78, 5) is 27.0. The molecule has 33 heavy (non-hydrogen) atoms. The number of amides is 3. The van der Waals surface area contributed by atoms with E-state index in [0.29, 0.717) is 36.4 Å². The van der Waals surface area contributed by atoms with Crippen LogP contribution in [0.2, 0.25) is 0 Å². The van der Waals surface area contributed by atoms with Gasteiger partial charge in [-0.2, -0.15) is 0 Å². The number of nitrogens with one attached hydrogen (secondary N) is 2. The van der Waals surface area contributed by atoms with Crippen LogP contribution in [0.1, 0.15) is 57.1 Å². The van der Waals surface area contributed by atoms with Gasteiger partial charge in [-0.1, -0.05) is 69.5 Å². The molecule has 0 unspecified atom stereocenters. The van der Waals surface area contributed by atoms with E-state index in [2.05, 4.69) is 24.5 Å². The summed E-state index contributed by atoms with van der Waals surface area (Å²) in [5.41, 5.74) is 8.97. The van der Waals surface area contributed by atoms with Crippen molar-refractivity contribution in [3.05, 3.63) is 65.7 Å². The van der Waals surface area contributed by atoms with Gasteiger partial charge in [-0.25, -0.2) is 4.79 Å². The van der Waals surface area contributed by atoms with Gasteiger partial charge in [-0.15, -0.1) is 0 Å². The molecular formula is C27H36N4O2. The first kappa shape index (κ1) is 24.4. The van der Waals surface area contributed by atoms with Gasteiger partial charge in [0, 0.05) is 25.2 Å². The van der Waals surface area contributed by atoms with E-state index in [9.17, 15) is 9.59 Å². The minimum Gasteiger partial charge on any atom is -0.397 e. The number of rotatable bonds is 8. The van der Waals surface area contributed by atoms with Gasteiger partial charge < -0.3 is 21.3 Å². The third-order valence-electron chi connectivity index (χ3n) is 5.80. The lowest BCUT2D eigenvalue weighted by Gasteiger charge is -2.29. The monoisotopic (exact) mass is 448 g/mol. The van der Waals surface area contributed by atoms with Crippen molar-refractivity contribution in [3.63, 3.8) is 0 Å². The van der Waals surface area contributed by atoms with Crippen molar-refractivity contribution in [3.8, 4) is 0 Å². The van der Waals surface area contributed by atoms with Gasteiger partial charge in [0.15, 0.2) is 0 Å². The predicted molar refractivity (Wildman–Crippen MR) is 136 cm³/mol. The smallest absolute Gasteiger partial charge is 0.317 e. The minimum atomic E-state index is -0.237. The van der Waals surface area contributed by atoms with E-state index in [1.807, 2.05) is 41.3 Å². The number of carbonyl (C=O) groups excluding carboxylic acids is 2. The Bertz CT molecular complexity index is 947. The lowest BCUT2D eigenvalue weighted by atomic mass is 9.96. The van der Waals surface area contributed by atoms with E-state index in [1.54, 1.807) is 18.2 Å². The first-order valence-corrected chi connectivity index (χ1v) is 11.9. The minimum absolute atomic E-state index is 0.0245. The largest absolute Gasteiger partial charge is 0.397 e. The third kappa shape index (κ3) is 7.97.